The van der Waals surface area contributed by atoms with Crippen LogP contribution in [0.3, 0.4) is 0 Å². The summed E-state index contributed by atoms with van der Waals surface area (Å²) < 4.78 is 10.6. The Morgan fingerprint density at radius 2 is 1.81 bits per heavy atom. The van der Waals surface area contributed by atoms with Gasteiger partial charge in [-0.15, -0.1) is 34.9 Å². The summed E-state index contributed by atoms with van der Waals surface area (Å²) in [6.07, 6.45) is 8.16. The summed E-state index contributed by atoms with van der Waals surface area (Å²) in [5.41, 5.74) is 1.95. The molecule has 2 aromatic carbocycles. The lowest BCUT2D eigenvalue weighted by Gasteiger charge is -2.40. The molecule has 0 saturated carbocycles. The average Bonchev–Trinajstić information content (AvgIpc) is 3.42. The molecule has 13 heteroatoms. The molecule has 10 nitrogen and oxygen atoms in total. The van der Waals surface area contributed by atoms with E-state index in [9.17, 15) is 19.2 Å². The van der Waals surface area contributed by atoms with Gasteiger partial charge < -0.3 is 25.0 Å². The van der Waals surface area contributed by atoms with E-state index >= 15 is 0 Å². The summed E-state index contributed by atoms with van der Waals surface area (Å²) in [7, 11) is 1.31. The Morgan fingerprint density at radius 1 is 1.02 bits per heavy atom. The SMILES string of the molecule is COC(=O)c1c(NC(=O)CSc2cccc(NC(=O)N3c4ccccc4SC4C=CC=CC43)c2)sc2c1CCN(C(=O)OC(C)(C)C)C2. The molecule has 3 aromatic rings. The predicted molar refractivity (Wildman–Crippen MR) is 191 cm³/mol. The molecule has 2 unspecified atom stereocenters. The van der Waals surface area contributed by atoms with Crippen LogP contribution in [0.2, 0.25) is 0 Å². The number of para-hydroxylation sites is 1. The lowest BCUT2D eigenvalue weighted by Crippen LogP contribution is -2.49. The molecule has 0 spiro atoms. The highest BCUT2D eigenvalue weighted by Crippen LogP contribution is 2.44. The molecule has 0 bridgehead atoms. The molecule has 2 N–H and O–H groups in total. The summed E-state index contributed by atoms with van der Waals surface area (Å²) in [4.78, 5) is 58.4. The van der Waals surface area contributed by atoms with Crippen LogP contribution in [0.15, 0.2) is 82.6 Å². The molecule has 1 aliphatic carbocycles. The van der Waals surface area contributed by atoms with E-state index in [0.717, 1.165) is 25.9 Å². The van der Waals surface area contributed by atoms with Gasteiger partial charge in [0.15, 0.2) is 0 Å². The maximum Gasteiger partial charge on any atom is 0.410 e. The summed E-state index contributed by atoms with van der Waals surface area (Å²) >= 11 is 4.33. The minimum atomic E-state index is -0.626. The number of hydrogen-bond acceptors (Lipinski definition) is 9. The number of nitrogens with one attached hydrogen (secondary N) is 2. The number of carbonyl (C=O) groups is 4. The normalized spacial score (nSPS) is 17.9. The zero-order valence-corrected chi connectivity index (χ0v) is 29.4. The van der Waals surface area contributed by atoms with Crippen LogP contribution >= 0.6 is 34.9 Å². The van der Waals surface area contributed by atoms with Gasteiger partial charge in [-0.2, -0.15) is 0 Å². The quantitative estimate of drug-likeness (QED) is 0.200. The lowest BCUT2D eigenvalue weighted by molar-refractivity contribution is -0.113. The van der Waals surface area contributed by atoms with Crippen LogP contribution in [0.25, 0.3) is 0 Å². The highest BCUT2D eigenvalue weighted by atomic mass is 32.2. The zero-order chi connectivity index (χ0) is 34.0. The molecule has 6 rings (SSSR count). The first-order valence-corrected chi connectivity index (χ1v) is 18.1. The first-order chi connectivity index (χ1) is 23.0. The number of urea groups is 1. The Balaban J connectivity index is 1.11. The van der Waals surface area contributed by atoms with Crippen molar-refractivity contribution in [3.63, 3.8) is 0 Å². The second-order valence-corrected chi connectivity index (χ2v) is 15.7. The molecule has 1 aromatic heterocycles. The van der Waals surface area contributed by atoms with Crippen molar-refractivity contribution in [1.82, 2.24) is 4.90 Å². The summed E-state index contributed by atoms with van der Waals surface area (Å²) in [6.45, 7) is 6.10. The van der Waals surface area contributed by atoms with Gasteiger partial charge in [0.2, 0.25) is 5.91 Å². The lowest BCUT2D eigenvalue weighted by atomic mass is 10.0. The maximum atomic E-state index is 13.7. The predicted octanol–water partition coefficient (Wildman–Crippen LogP) is 7.57. The van der Waals surface area contributed by atoms with Gasteiger partial charge >= 0.3 is 18.1 Å². The van der Waals surface area contributed by atoms with Gasteiger partial charge in [0, 0.05) is 26.9 Å². The van der Waals surface area contributed by atoms with Crippen molar-refractivity contribution in [3.05, 3.63) is 88.8 Å². The topological polar surface area (TPSA) is 117 Å². The molecular weight excluding hydrogens is 669 g/mol. The van der Waals surface area contributed by atoms with Crippen molar-refractivity contribution in [3.8, 4) is 0 Å². The van der Waals surface area contributed by atoms with Gasteiger partial charge in [0.25, 0.3) is 0 Å². The number of thioether (sulfide) groups is 2. The Bertz CT molecular complexity index is 1810. The largest absolute Gasteiger partial charge is 0.465 e. The van der Waals surface area contributed by atoms with E-state index in [0.29, 0.717) is 29.2 Å². The van der Waals surface area contributed by atoms with Crippen LogP contribution in [0, 0.1) is 0 Å². The zero-order valence-electron chi connectivity index (χ0n) is 27.0. The third kappa shape index (κ3) is 7.43. The summed E-state index contributed by atoms with van der Waals surface area (Å²) in [5, 5.41) is 6.46. The second kappa shape index (κ2) is 14.1. The first-order valence-electron chi connectivity index (χ1n) is 15.4. The van der Waals surface area contributed by atoms with Crippen molar-refractivity contribution in [1.29, 1.82) is 0 Å². The number of thiophene rings is 1. The van der Waals surface area contributed by atoms with Crippen LogP contribution < -0.4 is 15.5 Å². The molecule has 0 fully saturated rings. The number of rotatable bonds is 6. The number of nitrogens with zero attached hydrogens (tertiary/aromatic N) is 2. The summed E-state index contributed by atoms with van der Waals surface area (Å²) in [5.74, 6) is -0.763. The number of benzene rings is 2. The Hall–Kier alpha value is -4.20. The van der Waals surface area contributed by atoms with Crippen LogP contribution in [0.4, 0.5) is 26.0 Å². The number of carbonyl (C=O) groups excluding carboxylic acids is 4. The number of fused-ring (bicyclic) bond motifs is 3. The van der Waals surface area contributed by atoms with E-state index < -0.39 is 17.7 Å². The number of anilines is 3. The number of ether oxygens (including phenoxy) is 2. The highest BCUT2D eigenvalue weighted by molar-refractivity contribution is 8.00. The van der Waals surface area contributed by atoms with Crippen LogP contribution in [0.5, 0.6) is 0 Å². The van der Waals surface area contributed by atoms with Crippen molar-refractivity contribution in [2.45, 2.75) is 60.4 Å². The van der Waals surface area contributed by atoms with Crippen LogP contribution in [-0.2, 0) is 27.2 Å². The van der Waals surface area contributed by atoms with E-state index in [1.54, 1.807) is 21.6 Å². The molecule has 0 saturated heterocycles. The van der Waals surface area contributed by atoms with Gasteiger partial charge in [-0.25, -0.2) is 14.4 Å². The van der Waals surface area contributed by atoms with E-state index in [1.807, 2.05) is 87.5 Å². The van der Waals surface area contributed by atoms with E-state index in [1.165, 1.54) is 30.2 Å². The second-order valence-electron chi connectivity index (χ2n) is 12.3. The average molecular weight is 705 g/mol. The maximum absolute atomic E-state index is 13.7. The fourth-order valence-corrected chi connectivity index (χ4v) is 8.96. The van der Waals surface area contributed by atoms with Crippen molar-refractivity contribution in [2.24, 2.45) is 0 Å². The highest BCUT2D eigenvalue weighted by Gasteiger charge is 2.37. The minimum Gasteiger partial charge on any atom is -0.465 e. The van der Waals surface area contributed by atoms with E-state index in [4.69, 9.17) is 9.47 Å². The monoisotopic (exact) mass is 704 g/mol. The summed E-state index contributed by atoms with van der Waals surface area (Å²) in [6, 6.07) is 14.9. The number of amides is 4. The van der Waals surface area contributed by atoms with Gasteiger partial charge in [-0.1, -0.05) is 42.5 Å². The molecule has 4 amide bonds. The van der Waals surface area contributed by atoms with Gasteiger partial charge in [0.1, 0.15) is 10.6 Å². The van der Waals surface area contributed by atoms with Crippen LogP contribution in [0.1, 0.15) is 41.6 Å². The number of hydrogen-bond donors (Lipinski definition) is 2. The fraction of sp³-hybridized carbons (Fsp3) is 0.314. The Morgan fingerprint density at radius 3 is 2.60 bits per heavy atom. The molecule has 3 aliphatic rings. The number of allylic oxidation sites excluding steroid dienone is 2. The van der Waals surface area contributed by atoms with Crippen molar-refractivity contribution >= 4 is 75.2 Å². The molecule has 2 aliphatic heterocycles. The number of esters is 1. The molecule has 3 heterocycles. The van der Waals surface area contributed by atoms with E-state index in [-0.39, 0.29) is 35.5 Å². The first kappa shape index (κ1) is 33.7. The number of methoxy groups -OCH3 is 1. The Kier molecular flexibility index (Phi) is 9.90. The van der Waals surface area contributed by atoms with Gasteiger partial charge in [-0.3, -0.25) is 9.69 Å². The molecule has 0 radical (unpaired) electrons. The fourth-order valence-electron chi connectivity index (χ4n) is 5.68. The van der Waals surface area contributed by atoms with E-state index in [2.05, 4.69) is 16.7 Å². The molecule has 48 heavy (non-hydrogen) atoms. The van der Waals surface area contributed by atoms with Crippen LogP contribution in [-0.4, -0.2) is 65.2 Å². The van der Waals surface area contributed by atoms with Gasteiger partial charge in [0.05, 0.1) is 42.0 Å². The molecular formula is C35H36N4O6S3. The Labute approximate surface area is 291 Å². The third-order valence-electron chi connectivity index (χ3n) is 7.77. The molecule has 2 atom stereocenters. The smallest absolute Gasteiger partial charge is 0.410 e. The standard InChI is InChI=1S/C35H36N4O6S3/c1-35(2,3)45-34(43)38-17-16-23-28(19-38)48-31(30(23)32(41)44-4)37-29(40)20-46-22-11-9-10-21(18-22)36-33(42)39-24-12-5-7-14-26(24)47-27-15-8-6-13-25(27)39/h5-15,18,24,26H,16-17,19-20H2,1-4H3,(H,36,42)(H,37,40). The van der Waals surface area contributed by atoms with Crippen molar-refractivity contribution < 1.29 is 28.7 Å². The molecule has 250 valence electrons. The minimum absolute atomic E-state index is 0.0716. The third-order valence-corrected chi connectivity index (χ3v) is 11.2. The van der Waals surface area contributed by atoms with Crippen molar-refractivity contribution in [2.75, 3.05) is 34.9 Å². The van der Waals surface area contributed by atoms with Gasteiger partial charge in [-0.05, 0) is 63.1 Å².